The van der Waals surface area contributed by atoms with Gasteiger partial charge in [-0.15, -0.1) is 11.8 Å². The fourth-order valence-corrected chi connectivity index (χ4v) is 3.46. The van der Waals surface area contributed by atoms with Gasteiger partial charge in [0.2, 0.25) is 12.7 Å². The molecule has 0 bridgehead atoms. The molecule has 5 nitrogen and oxygen atoms in total. The monoisotopic (exact) mass is 440 g/mol. The van der Waals surface area contributed by atoms with Crippen molar-refractivity contribution in [1.29, 1.82) is 0 Å². The van der Waals surface area contributed by atoms with E-state index in [1.165, 1.54) is 0 Å². The lowest BCUT2D eigenvalue weighted by molar-refractivity contribution is -0.120. The van der Waals surface area contributed by atoms with Crippen molar-refractivity contribution < 1.29 is 14.3 Å². The normalized spacial score (nSPS) is 12.6. The third-order valence-corrected chi connectivity index (χ3v) is 5.25. The molecule has 3 rings (SSSR count). The molecule has 2 aromatic rings. The van der Waals surface area contributed by atoms with Crippen molar-refractivity contribution in [2.45, 2.75) is 11.3 Å². The second-order valence-corrected chi connectivity index (χ2v) is 7.53. The summed E-state index contributed by atoms with van der Waals surface area (Å²) in [6.45, 7) is 0.213. The summed E-state index contributed by atoms with van der Waals surface area (Å²) in [6.07, 6.45) is 1.93. The van der Waals surface area contributed by atoms with E-state index in [9.17, 15) is 4.79 Å². The van der Waals surface area contributed by atoms with E-state index in [0.29, 0.717) is 28.7 Å². The van der Waals surface area contributed by atoms with E-state index in [2.05, 4.69) is 26.5 Å². The number of nitrogens with one attached hydrogen (secondary N) is 1. The van der Waals surface area contributed by atoms with Crippen LogP contribution in [0, 0.1) is 0 Å². The van der Waals surface area contributed by atoms with Gasteiger partial charge in [-0.3, -0.25) is 4.79 Å². The van der Waals surface area contributed by atoms with E-state index in [1.54, 1.807) is 24.0 Å². The Morgan fingerprint density at radius 1 is 1.28 bits per heavy atom. The zero-order valence-corrected chi connectivity index (χ0v) is 16.2. The van der Waals surface area contributed by atoms with Gasteiger partial charge in [0.05, 0.1) is 6.21 Å². The highest BCUT2D eigenvalue weighted by Crippen LogP contribution is 2.36. The van der Waals surface area contributed by atoms with E-state index < -0.39 is 0 Å². The molecule has 25 heavy (non-hydrogen) atoms. The number of hydrogen-bond donors (Lipinski definition) is 1. The molecule has 0 aromatic heterocycles. The number of benzene rings is 2. The van der Waals surface area contributed by atoms with Gasteiger partial charge in [0.25, 0.3) is 0 Å². The molecule has 0 spiro atoms. The third-order valence-electron chi connectivity index (χ3n) is 3.30. The largest absolute Gasteiger partial charge is 0.454 e. The highest BCUT2D eigenvalue weighted by molar-refractivity contribution is 9.10. The lowest BCUT2D eigenvalue weighted by Crippen LogP contribution is -2.17. The summed E-state index contributed by atoms with van der Waals surface area (Å²) in [7, 11) is 0. The number of ether oxygens (including phenoxy) is 2. The van der Waals surface area contributed by atoms with Gasteiger partial charge in [0.1, 0.15) is 0 Å². The molecule has 1 heterocycles. The SMILES string of the molecule is O=C(CCSc1ccc(Cl)cc1)N/N=C\c1cc2c(cc1Br)OCO2. The quantitative estimate of drug-likeness (QED) is 0.408. The zero-order chi connectivity index (χ0) is 17.6. The minimum atomic E-state index is -0.144. The molecule has 0 saturated carbocycles. The van der Waals surface area contributed by atoms with Gasteiger partial charge in [-0.1, -0.05) is 11.6 Å². The number of hydrogen-bond acceptors (Lipinski definition) is 5. The van der Waals surface area contributed by atoms with Gasteiger partial charge >= 0.3 is 0 Å². The Morgan fingerprint density at radius 2 is 2.00 bits per heavy atom. The van der Waals surface area contributed by atoms with Gasteiger partial charge in [-0.25, -0.2) is 5.43 Å². The van der Waals surface area contributed by atoms with Crippen LogP contribution in [-0.2, 0) is 4.79 Å². The summed E-state index contributed by atoms with van der Waals surface area (Å²) in [5, 5.41) is 4.69. The first-order chi connectivity index (χ1) is 12.1. The number of carbonyl (C=O) groups excluding carboxylic acids is 1. The van der Waals surface area contributed by atoms with Crippen molar-refractivity contribution in [3.05, 3.63) is 51.5 Å². The first-order valence-electron chi connectivity index (χ1n) is 7.41. The molecule has 0 unspecified atom stereocenters. The Balaban J connectivity index is 1.46. The smallest absolute Gasteiger partial charge is 0.240 e. The number of carbonyl (C=O) groups is 1. The van der Waals surface area contributed by atoms with Crippen LogP contribution in [0.25, 0.3) is 0 Å². The predicted octanol–water partition coefficient (Wildman–Crippen LogP) is 4.46. The summed E-state index contributed by atoms with van der Waals surface area (Å²) in [5.41, 5.74) is 3.32. The summed E-state index contributed by atoms with van der Waals surface area (Å²) < 4.78 is 11.4. The van der Waals surface area contributed by atoms with Crippen LogP contribution in [-0.4, -0.2) is 24.7 Å². The van der Waals surface area contributed by atoms with Gasteiger partial charge in [-0.2, -0.15) is 5.10 Å². The van der Waals surface area contributed by atoms with E-state index >= 15 is 0 Å². The van der Waals surface area contributed by atoms with Crippen LogP contribution in [0.5, 0.6) is 11.5 Å². The molecule has 1 amide bonds. The second-order valence-electron chi connectivity index (χ2n) is 5.07. The van der Waals surface area contributed by atoms with Crippen molar-refractivity contribution >= 4 is 51.4 Å². The van der Waals surface area contributed by atoms with Crippen LogP contribution in [0.1, 0.15) is 12.0 Å². The Labute approximate surface area is 162 Å². The summed E-state index contributed by atoms with van der Waals surface area (Å²) >= 11 is 10.9. The predicted molar refractivity (Wildman–Crippen MR) is 103 cm³/mol. The van der Waals surface area contributed by atoms with E-state index in [1.807, 2.05) is 30.3 Å². The molecule has 8 heteroatoms. The van der Waals surface area contributed by atoms with Gasteiger partial charge in [0, 0.05) is 32.1 Å². The third kappa shape index (κ3) is 5.14. The van der Waals surface area contributed by atoms with Crippen molar-refractivity contribution in [1.82, 2.24) is 5.43 Å². The Kier molecular flexibility index (Phi) is 6.23. The van der Waals surface area contributed by atoms with Gasteiger partial charge < -0.3 is 9.47 Å². The minimum Gasteiger partial charge on any atom is -0.454 e. The standard InChI is InChI=1S/C17H14BrClN2O3S/c18-14-8-16-15(23-10-24-16)7-11(14)9-20-21-17(22)5-6-25-13-3-1-12(19)2-4-13/h1-4,7-9H,5-6,10H2,(H,21,22)/b20-9-. The van der Waals surface area contributed by atoms with Crippen LogP contribution < -0.4 is 14.9 Å². The number of halogens is 2. The number of nitrogens with zero attached hydrogens (tertiary/aromatic N) is 1. The van der Waals surface area contributed by atoms with Crippen LogP contribution in [0.4, 0.5) is 0 Å². The highest BCUT2D eigenvalue weighted by Gasteiger charge is 2.15. The van der Waals surface area contributed by atoms with E-state index in [4.69, 9.17) is 21.1 Å². The molecule has 1 aliphatic heterocycles. The fraction of sp³-hybridized carbons (Fsp3) is 0.176. The summed E-state index contributed by atoms with van der Waals surface area (Å²) in [4.78, 5) is 12.9. The number of rotatable bonds is 6. The van der Waals surface area contributed by atoms with Crippen LogP contribution in [0.2, 0.25) is 5.02 Å². The highest BCUT2D eigenvalue weighted by atomic mass is 79.9. The van der Waals surface area contributed by atoms with E-state index in [-0.39, 0.29) is 12.7 Å². The summed E-state index contributed by atoms with van der Waals surface area (Å²) in [5.74, 6) is 1.87. The molecule has 0 radical (unpaired) electrons. The van der Waals surface area contributed by atoms with Crippen molar-refractivity contribution in [3.8, 4) is 11.5 Å². The number of amides is 1. The lowest BCUT2D eigenvalue weighted by Gasteiger charge is -2.03. The van der Waals surface area contributed by atoms with E-state index in [0.717, 1.165) is 14.9 Å². The second kappa shape index (κ2) is 8.60. The minimum absolute atomic E-state index is 0.144. The molecule has 0 saturated heterocycles. The molecular weight excluding hydrogens is 428 g/mol. The van der Waals surface area contributed by atoms with Crippen LogP contribution >= 0.6 is 39.3 Å². The molecule has 0 aliphatic carbocycles. The Morgan fingerprint density at radius 3 is 2.76 bits per heavy atom. The molecule has 1 aliphatic rings. The first kappa shape index (κ1) is 18.1. The number of fused-ring (bicyclic) bond motifs is 1. The van der Waals surface area contributed by atoms with Gasteiger partial charge in [-0.05, 0) is 52.3 Å². The zero-order valence-electron chi connectivity index (χ0n) is 13.0. The summed E-state index contributed by atoms with van der Waals surface area (Å²) in [6, 6.07) is 11.1. The van der Waals surface area contributed by atoms with Crippen molar-refractivity contribution in [2.75, 3.05) is 12.5 Å². The topological polar surface area (TPSA) is 59.9 Å². The van der Waals surface area contributed by atoms with Crippen molar-refractivity contribution in [2.24, 2.45) is 5.10 Å². The van der Waals surface area contributed by atoms with Gasteiger partial charge in [0.15, 0.2) is 11.5 Å². The Bertz CT molecular complexity index is 799. The Hall–Kier alpha value is -1.70. The van der Waals surface area contributed by atoms with Crippen molar-refractivity contribution in [3.63, 3.8) is 0 Å². The molecule has 1 N–H and O–H groups in total. The molecule has 0 fully saturated rings. The number of thioether (sulfide) groups is 1. The lowest BCUT2D eigenvalue weighted by atomic mass is 10.2. The number of hydrazone groups is 1. The molecule has 0 atom stereocenters. The fourth-order valence-electron chi connectivity index (χ4n) is 2.05. The maximum Gasteiger partial charge on any atom is 0.240 e. The van der Waals surface area contributed by atoms with Crippen LogP contribution in [0.15, 0.2) is 50.9 Å². The average Bonchev–Trinajstić information content (AvgIpc) is 3.04. The van der Waals surface area contributed by atoms with Crippen LogP contribution in [0.3, 0.4) is 0 Å². The molecule has 130 valence electrons. The molecule has 2 aromatic carbocycles. The average molecular weight is 442 g/mol. The maximum atomic E-state index is 11.8. The maximum absolute atomic E-state index is 11.8. The molecular formula is C17H14BrClN2O3S. The first-order valence-corrected chi connectivity index (χ1v) is 9.57.